The van der Waals surface area contributed by atoms with Gasteiger partial charge in [0.25, 0.3) is 0 Å². The van der Waals surface area contributed by atoms with Gasteiger partial charge in [-0.25, -0.2) is 14.5 Å². The molecule has 0 radical (unpaired) electrons. The number of unbranched alkanes of at least 4 members (excludes halogenated alkanes) is 3. The summed E-state index contributed by atoms with van der Waals surface area (Å²) >= 11 is 0. The van der Waals surface area contributed by atoms with Gasteiger partial charge >= 0.3 is 11.9 Å². The van der Waals surface area contributed by atoms with E-state index in [0.29, 0.717) is 41.6 Å². The Bertz CT molecular complexity index is 1380. The van der Waals surface area contributed by atoms with Crippen LogP contribution < -0.4 is 18.9 Å². The Morgan fingerprint density at radius 3 is 1.84 bits per heavy atom. The lowest BCUT2D eigenvalue weighted by molar-refractivity contribution is -0.270. The maximum atomic E-state index is 11.4. The number of rotatable bonds is 22. The van der Waals surface area contributed by atoms with E-state index in [1.54, 1.807) is 36.4 Å². The second kappa shape index (κ2) is 24.5. The minimum atomic E-state index is -0.743. The van der Waals surface area contributed by atoms with Crippen molar-refractivity contribution < 1.29 is 48.2 Å². The summed E-state index contributed by atoms with van der Waals surface area (Å²) in [7, 11) is 0. The highest BCUT2D eigenvalue weighted by atomic mass is 17.1. The van der Waals surface area contributed by atoms with E-state index in [9.17, 15) is 14.8 Å². The fourth-order valence-electron chi connectivity index (χ4n) is 4.34. The second-order valence-electron chi connectivity index (χ2n) is 10.8. The maximum Gasteiger partial charge on any atom is 0.335 e. The molecule has 0 aromatic heterocycles. The first-order valence-corrected chi connectivity index (χ1v) is 16.5. The minimum absolute atomic E-state index is 0.00726. The van der Waals surface area contributed by atoms with E-state index in [1.165, 1.54) is 6.08 Å². The molecular formula is C39H50O10. The van der Waals surface area contributed by atoms with Gasteiger partial charge in [0.15, 0.2) is 0 Å². The molecule has 0 spiro atoms. The lowest BCUT2D eigenvalue weighted by atomic mass is 9.99. The Morgan fingerprint density at radius 1 is 0.694 bits per heavy atom. The number of esters is 2. The van der Waals surface area contributed by atoms with Gasteiger partial charge in [-0.15, -0.1) is 0 Å². The molecule has 0 bridgehead atoms. The topological polar surface area (TPSA) is 119 Å². The lowest BCUT2D eigenvalue weighted by Gasteiger charge is -2.17. The molecule has 10 nitrogen and oxygen atoms in total. The summed E-state index contributed by atoms with van der Waals surface area (Å²) in [6, 6.07) is 19.4. The molecule has 0 heterocycles. The molecule has 3 aromatic rings. The summed E-state index contributed by atoms with van der Waals surface area (Å²) < 4.78 is 32.5. The first-order valence-electron chi connectivity index (χ1n) is 16.5. The van der Waals surface area contributed by atoms with E-state index in [4.69, 9.17) is 33.3 Å². The average molecular weight is 679 g/mol. The molecule has 0 saturated carbocycles. The zero-order valence-corrected chi connectivity index (χ0v) is 28.9. The van der Waals surface area contributed by atoms with Gasteiger partial charge < -0.3 is 28.4 Å². The molecule has 0 amide bonds. The van der Waals surface area contributed by atoms with Gasteiger partial charge in [-0.05, 0) is 111 Å². The lowest BCUT2D eigenvalue weighted by Crippen LogP contribution is -2.08. The molecule has 0 saturated heterocycles. The van der Waals surface area contributed by atoms with Gasteiger partial charge in [0.1, 0.15) is 29.1 Å². The smallest absolute Gasteiger partial charge is 0.335 e. The molecule has 49 heavy (non-hydrogen) atoms. The van der Waals surface area contributed by atoms with E-state index < -0.39 is 12.1 Å². The summed E-state index contributed by atoms with van der Waals surface area (Å²) in [5, 5.41) is 9.58. The highest BCUT2D eigenvalue weighted by molar-refractivity contribution is 5.83. The summed E-state index contributed by atoms with van der Waals surface area (Å²) in [5.41, 5.74) is 2.21. The van der Waals surface area contributed by atoms with Crippen molar-refractivity contribution in [3.8, 4) is 23.0 Å². The fraction of sp³-hybridized carbons (Fsp3) is 0.385. The highest BCUT2D eigenvalue weighted by Crippen LogP contribution is 2.30. The van der Waals surface area contributed by atoms with Crippen LogP contribution in [0.1, 0.15) is 75.2 Å². The van der Waals surface area contributed by atoms with Crippen LogP contribution in [0.25, 0.3) is 0 Å². The first-order chi connectivity index (χ1) is 23.8. The largest absolute Gasteiger partial charge is 0.494 e. The van der Waals surface area contributed by atoms with Crippen LogP contribution in [0.15, 0.2) is 92.0 Å². The van der Waals surface area contributed by atoms with Crippen molar-refractivity contribution >= 4 is 11.9 Å². The van der Waals surface area contributed by atoms with Crippen molar-refractivity contribution in [1.82, 2.24) is 0 Å². The Morgan fingerprint density at radius 2 is 1.27 bits per heavy atom. The molecule has 1 unspecified atom stereocenters. The number of ether oxygens (including phenoxy) is 6. The van der Waals surface area contributed by atoms with Crippen LogP contribution in [0, 0.1) is 6.92 Å². The third-order valence-electron chi connectivity index (χ3n) is 6.85. The quantitative estimate of drug-likeness (QED) is 0.0211. The number of carbonyl (C=O) groups is 2. The van der Waals surface area contributed by atoms with Crippen LogP contribution in [0.5, 0.6) is 23.0 Å². The van der Waals surface area contributed by atoms with E-state index in [1.807, 2.05) is 37.3 Å². The summed E-state index contributed by atoms with van der Waals surface area (Å²) in [5.74, 6) is 1.43. The van der Waals surface area contributed by atoms with E-state index in [0.717, 1.165) is 69.1 Å². The second-order valence-corrected chi connectivity index (χ2v) is 10.8. The number of aryl methyl sites for hydroxylation is 1. The predicted molar refractivity (Wildman–Crippen MR) is 188 cm³/mol. The zero-order valence-electron chi connectivity index (χ0n) is 28.9. The number of hydrogen-bond donors (Lipinski definition) is 1. The van der Waals surface area contributed by atoms with Crippen LogP contribution in [0.3, 0.4) is 0 Å². The summed E-state index contributed by atoms with van der Waals surface area (Å²) in [4.78, 5) is 27.1. The third-order valence-corrected chi connectivity index (χ3v) is 6.85. The average Bonchev–Trinajstić information content (AvgIpc) is 3.12. The molecule has 10 heteroatoms. The third kappa shape index (κ3) is 16.3. The fourth-order valence-corrected chi connectivity index (χ4v) is 4.34. The summed E-state index contributed by atoms with van der Waals surface area (Å²) in [6.07, 6.45) is 7.46. The van der Waals surface area contributed by atoms with E-state index >= 15 is 0 Å². The van der Waals surface area contributed by atoms with Gasteiger partial charge in [-0.1, -0.05) is 45.2 Å². The van der Waals surface area contributed by atoms with Crippen molar-refractivity contribution in [2.24, 2.45) is 0 Å². The zero-order chi connectivity index (χ0) is 35.7. The SMILES string of the molecule is C=CC(=O)OCCCCCCOc1ccc(OCOc2ccc(C(OO)c3ccc(OC(=O)C=C)cc3)cc2C)cc1.CCCOCCC. The van der Waals surface area contributed by atoms with Gasteiger partial charge in [-0.3, -0.25) is 5.26 Å². The normalized spacial score (nSPS) is 10.9. The van der Waals surface area contributed by atoms with Crippen LogP contribution >= 0.6 is 0 Å². The monoisotopic (exact) mass is 678 g/mol. The molecule has 3 aromatic carbocycles. The van der Waals surface area contributed by atoms with Crippen LogP contribution in [-0.4, -0.2) is 50.4 Å². The predicted octanol–water partition coefficient (Wildman–Crippen LogP) is 8.57. The van der Waals surface area contributed by atoms with Crippen molar-refractivity contribution in [2.75, 3.05) is 33.2 Å². The molecule has 266 valence electrons. The number of carbonyl (C=O) groups excluding carboxylic acids is 2. The van der Waals surface area contributed by atoms with Crippen LogP contribution in [0.2, 0.25) is 0 Å². The van der Waals surface area contributed by atoms with Crippen LogP contribution in [0.4, 0.5) is 0 Å². The molecule has 0 fully saturated rings. The molecule has 1 atom stereocenters. The Balaban J connectivity index is 0.00000107. The molecular weight excluding hydrogens is 628 g/mol. The van der Waals surface area contributed by atoms with Gasteiger partial charge in [0.2, 0.25) is 6.79 Å². The Labute approximate surface area is 290 Å². The van der Waals surface area contributed by atoms with Crippen LogP contribution in [-0.2, 0) is 24.0 Å². The Hall–Kier alpha value is -4.64. The molecule has 0 aliphatic carbocycles. The molecule has 3 rings (SSSR count). The molecule has 0 aliphatic rings. The number of benzene rings is 3. The van der Waals surface area contributed by atoms with Crippen molar-refractivity contribution in [1.29, 1.82) is 0 Å². The standard InChI is InChI=1S/C33H36O9.C6H14O/c1-4-31(34)38-21-9-7-6-8-20-37-27-15-17-28(18-16-27)39-23-40-30-19-12-26(22-24(30)3)33(42-36)25-10-13-29(14-11-25)41-32(35)5-2;1-3-5-7-6-4-2/h4-5,10-19,22,33,36H,1-2,6-9,20-21,23H2,3H3;3-6H2,1-2H3. The highest BCUT2D eigenvalue weighted by Gasteiger charge is 2.17. The van der Waals surface area contributed by atoms with Gasteiger partial charge in [-0.2, -0.15) is 0 Å². The molecule has 1 N–H and O–H groups in total. The maximum absolute atomic E-state index is 11.4. The van der Waals surface area contributed by atoms with Gasteiger partial charge in [0, 0.05) is 25.4 Å². The summed E-state index contributed by atoms with van der Waals surface area (Å²) in [6.45, 7) is 15.7. The van der Waals surface area contributed by atoms with Crippen molar-refractivity contribution in [3.63, 3.8) is 0 Å². The van der Waals surface area contributed by atoms with Gasteiger partial charge in [0.05, 0.1) is 13.2 Å². The first kappa shape index (κ1) is 40.5. The van der Waals surface area contributed by atoms with Crippen molar-refractivity contribution in [2.45, 2.75) is 65.4 Å². The van der Waals surface area contributed by atoms with E-state index in [-0.39, 0.29) is 12.8 Å². The van der Waals surface area contributed by atoms with E-state index in [2.05, 4.69) is 27.0 Å². The van der Waals surface area contributed by atoms with Crippen molar-refractivity contribution in [3.05, 3.63) is 109 Å². The minimum Gasteiger partial charge on any atom is -0.494 e. The number of hydrogen-bond acceptors (Lipinski definition) is 10. The molecule has 0 aliphatic heterocycles. The Kier molecular flexibility index (Phi) is 20.3.